The smallest absolute Gasteiger partial charge is 0.0315 e. The zero-order valence-corrected chi connectivity index (χ0v) is 10.3. The number of nitrogens with one attached hydrogen (secondary N) is 1. The lowest BCUT2D eigenvalue weighted by Gasteiger charge is -2.24. The Hall–Kier alpha value is -0.890. The van der Waals surface area contributed by atoms with E-state index in [0.717, 1.165) is 5.92 Å². The molecule has 1 aliphatic rings. The average Bonchev–Trinajstić information content (AvgIpc) is 2.77. The van der Waals surface area contributed by atoms with E-state index in [2.05, 4.69) is 30.2 Å². The third kappa shape index (κ3) is 2.62. The van der Waals surface area contributed by atoms with Crippen LogP contribution in [-0.2, 0) is 0 Å². The van der Waals surface area contributed by atoms with Crippen LogP contribution in [0.25, 0.3) is 0 Å². The van der Waals surface area contributed by atoms with Gasteiger partial charge in [0.2, 0.25) is 0 Å². The lowest BCUT2D eigenvalue weighted by molar-refractivity contribution is 0.360. The second kappa shape index (κ2) is 5.44. The van der Waals surface area contributed by atoms with Gasteiger partial charge in [-0.1, -0.05) is 25.8 Å². The number of rotatable bonds is 4. The Morgan fingerprint density at radius 2 is 2.38 bits per heavy atom. The maximum absolute atomic E-state index is 4.18. The number of hydrogen-bond acceptors (Lipinski definition) is 2. The van der Waals surface area contributed by atoms with E-state index in [-0.39, 0.29) is 0 Å². The van der Waals surface area contributed by atoms with Gasteiger partial charge >= 0.3 is 0 Å². The average molecular weight is 218 g/mol. The van der Waals surface area contributed by atoms with E-state index in [4.69, 9.17) is 0 Å². The second-order valence-electron chi connectivity index (χ2n) is 4.88. The van der Waals surface area contributed by atoms with Gasteiger partial charge in [-0.15, -0.1) is 0 Å². The summed E-state index contributed by atoms with van der Waals surface area (Å²) in [4.78, 5) is 4.18. The van der Waals surface area contributed by atoms with E-state index in [1.807, 2.05) is 18.5 Å². The van der Waals surface area contributed by atoms with Crippen molar-refractivity contribution < 1.29 is 0 Å². The van der Waals surface area contributed by atoms with Crippen LogP contribution in [0.15, 0.2) is 24.5 Å². The molecule has 0 bridgehead atoms. The number of pyridine rings is 1. The molecule has 1 aromatic rings. The van der Waals surface area contributed by atoms with E-state index >= 15 is 0 Å². The third-order valence-corrected chi connectivity index (χ3v) is 3.83. The van der Waals surface area contributed by atoms with Crippen LogP contribution < -0.4 is 5.32 Å². The second-order valence-corrected chi connectivity index (χ2v) is 4.88. The van der Waals surface area contributed by atoms with Crippen LogP contribution in [0, 0.1) is 5.92 Å². The van der Waals surface area contributed by atoms with Gasteiger partial charge in [0.1, 0.15) is 0 Å². The van der Waals surface area contributed by atoms with Gasteiger partial charge in [-0.05, 0) is 37.3 Å². The summed E-state index contributed by atoms with van der Waals surface area (Å²) in [5.41, 5.74) is 1.30. The maximum atomic E-state index is 4.18. The fraction of sp³-hybridized carbons (Fsp3) is 0.643. The summed E-state index contributed by atoms with van der Waals surface area (Å²) >= 11 is 0. The molecular formula is C14H22N2. The van der Waals surface area contributed by atoms with E-state index in [0.29, 0.717) is 12.1 Å². The molecule has 1 fully saturated rings. The highest BCUT2D eigenvalue weighted by atomic mass is 15.0. The molecule has 0 spiro atoms. The fourth-order valence-corrected chi connectivity index (χ4v) is 2.79. The molecule has 0 aromatic carbocycles. The summed E-state index contributed by atoms with van der Waals surface area (Å²) in [6.07, 6.45) is 9.22. The van der Waals surface area contributed by atoms with Gasteiger partial charge in [-0.2, -0.15) is 0 Å². The molecule has 1 heterocycles. The minimum absolute atomic E-state index is 0.422. The van der Waals surface area contributed by atoms with Crippen molar-refractivity contribution >= 4 is 0 Å². The molecule has 88 valence electrons. The van der Waals surface area contributed by atoms with Crippen molar-refractivity contribution in [2.45, 2.75) is 51.6 Å². The molecule has 16 heavy (non-hydrogen) atoms. The van der Waals surface area contributed by atoms with Crippen molar-refractivity contribution in [2.24, 2.45) is 5.92 Å². The highest BCUT2D eigenvalue weighted by Crippen LogP contribution is 2.29. The fourth-order valence-electron chi connectivity index (χ4n) is 2.79. The molecule has 2 nitrogen and oxygen atoms in total. The molecule has 0 aliphatic heterocycles. The highest BCUT2D eigenvalue weighted by molar-refractivity contribution is 5.13. The normalized spacial score (nSPS) is 26.9. The molecule has 3 unspecified atom stereocenters. The molecule has 1 aromatic heterocycles. The predicted molar refractivity (Wildman–Crippen MR) is 67.2 cm³/mol. The Morgan fingerprint density at radius 1 is 1.50 bits per heavy atom. The van der Waals surface area contributed by atoms with Gasteiger partial charge in [-0.25, -0.2) is 0 Å². The number of hydrogen-bond donors (Lipinski definition) is 1. The van der Waals surface area contributed by atoms with Crippen LogP contribution in [0.2, 0.25) is 0 Å². The first kappa shape index (κ1) is 11.6. The zero-order valence-electron chi connectivity index (χ0n) is 10.3. The number of nitrogens with zero attached hydrogens (tertiary/aromatic N) is 1. The van der Waals surface area contributed by atoms with Crippen molar-refractivity contribution in [2.75, 3.05) is 0 Å². The van der Waals surface area contributed by atoms with E-state index in [9.17, 15) is 0 Å². The van der Waals surface area contributed by atoms with Gasteiger partial charge in [0.25, 0.3) is 0 Å². The predicted octanol–water partition coefficient (Wildman–Crippen LogP) is 3.31. The Kier molecular flexibility index (Phi) is 3.94. The minimum atomic E-state index is 0.422. The Labute approximate surface area is 98.5 Å². The summed E-state index contributed by atoms with van der Waals surface area (Å²) in [7, 11) is 0. The van der Waals surface area contributed by atoms with Crippen molar-refractivity contribution in [3.63, 3.8) is 0 Å². The maximum Gasteiger partial charge on any atom is 0.0315 e. The van der Waals surface area contributed by atoms with Crippen LogP contribution in [0.4, 0.5) is 0 Å². The topological polar surface area (TPSA) is 24.9 Å². The largest absolute Gasteiger partial charge is 0.307 e. The highest BCUT2D eigenvalue weighted by Gasteiger charge is 2.26. The van der Waals surface area contributed by atoms with Crippen molar-refractivity contribution in [1.82, 2.24) is 10.3 Å². The summed E-state index contributed by atoms with van der Waals surface area (Å²) in [5, 5.41) is 3.76. The summed E-state index contributed by atoms with van der Waals surface area (Å²) in [6, 6.07) is 5.30. The molecule has 0 radical (unpaired) electrons. The first-order valence-corrected chi connectivity index (χ1v) is 6.47. The van der Waals surface area contributed by atoms with Gasteiger partial charge < -0.3 is 5.32 Å². The van der Waals surface area contributed by atoms with Crippen LogP contribution in [-0.4, -0.2) is 11.0 Å². The molecule has 2 rings (SSSR count). The van der Waals surface area contributed by atoms with Gasteiger partial charge in [0.15, 0.2) is 0 Å². The molecule has 0 saturated heterocycles. The Bertz CT molecular complexity index is 310. The standard InChI is InChI=1S/C14H22N2/c1-3-12-6-4-8-14(12)16-11(2)13-7-5-9-15-10-13/h5,7,9-12,14,16H,3-4,6,8H2,1-2H3. The number of aromatic nitrogens is 1. The SMILES string of the molecule is CCC1CCCC1NC(C)c1cccnc1. The Morgan fingerprint density at radius 3 is 3.06 bits per heavy atom. The van der Waals surface area contributed by atoms with Crippen molar-refractivity contribution in [1.29, 1.82) is 0 Å². The van der Waals surface area contributed by atoms with Crippen molar-refractivity contribution in [3.05, 3.63) is 30.1 Å². The van der Waals surface area contributed by atoms with E-state index in [1.54, 1.807) is 0 Å². The van der Waals surface area contributed by atoms with Gasteiger partial charge in [0, 0.05) is 24.5 Å². The summed E-state index contributed by atoms with van der Waals surface area (Å²) in [5.74, 6) is 0.874. The van der Waals surface area contributed by atoms with E-state index in [1.165, 1.54) is 31.2 Å². The third-order valence-electron chi connectivity index (χ3n) is 3.83. The molecule has 1 saturated carbocycles. The zero-order chi connectivity index (χ0) is 11.4. The summed E-state index contributed by atoms with van der Waals surface area (Å²) < 4.78 is 0. The molecule has 3 atom stereocenters. The Balaban J connectivity index is 1.94. The quantitative estimate of drug-likeness (QED) is 0.838. The van der Waals surface area contributed by atoms with Crippen LogP contribution in [0.5, 0.6) is 0 Å². The van der Waals surface area contributed by atoms with Crippen LogP contribution >= 0.6 is 0 Å². The summed E-state index contributed by atoms with van der Waals surface area (Å²) in [6.45, 7) is 4.54. The molecule has 2 heteroatoms. The molecule has 1 N–H and O–H groups in total. The van der Waals surface area contributed by atoms with Crippen molar-refractivity contribution in [3.8, 4) is 0 Å². The molecular weight excluding hydrogens is 196 g/mol. The lowest BCUT2D eigenvalue weighted by atomic mass is 9.99. The van der Waals surface area contributed by atoms with E-state index < -0.39 is 0 Å². The first-order valence-electron chi connectivity index (χ1n) is 6.47. The lowest BCUT2D eigenvalue weighted by Crippen LogP contribution is -2.34. The molecule has 1 aliphatic carbocycles. The molecule has 0 amide bonds. The minimum Gasteiger partial charge on any atom is -0.307 e. The van der Waals surface area contributed by atoms with Crippen LogP contribution in [0.1, 0.15) is 51.1 Å². The monoisotopic (exact) mass is 218 g/mol. The van der Waals surface area contributed by atoms with Gasteiger partial charge in [0.05, 0.1) is 0 Å². The first-order chi connectivity index (χ1) is 7.81. The van der Waals surface area contributed by atoms with Gasteiger partial charge in [-0.3, -0.25) is 4.98 Å². The van der Waals surface area contributed by atoms with Crippen LogP contribution in [0.3, 0.4) is 0 Å².